The number of nitrogens with one attached hydrogen (secondary N) is 2. The van der Waals surface area contributed by atoms with Gasteiger partial charge in [-0.25, -0.2) is 9.40 Å². The van der Waals surface area contributed by atoms with E-state index in [1.807, 2.05) is 26.0 Å². The summed E-state index contributed by atoms with van der Waals surface area (Å²) in [6.45, 7) is 5.87. The van der Waals surface area contributed by atoms with Crippen LogP contribution in [-0.2, 0) is 9.59 Å². The van der Waals surface area contributed by atoms with E-state index in [1.54, 1.807) is 13.0 Å². The van der Waals surface area contributed by atoms with Gasteiger partial charge in [-0.2, -0.15) is 0 Å². The smallest absolute Gasteiger partial charge is 0.269 e. The second-order valence-electron chi connectivity index (χ2n) is 7.27. The molecule has 1 unspecified atom stereocenters. The molecule has 1 fully saturated rings. The van der Waals surface area contributed by atoms with Gasteiger partial charge in [-0.05, 0) is 62.8 Å². The van der Waals surface area contributed by atoms with Crippen LogP contribution in [0, 0.1) is 19.7 Å². The standard InChI is InChI=1S/C22H23FN4O3S/c1-4-26-21(30)18(12-19(28)24-17-9-8-13(2)10-14(17)3)27(22(26)31)25-20(29)15-6-5-7-16(23)11-15/h5-11,18H,4,12H2,1-3H3,(H,24,28)(H,25,29). The van der Waals surface area contributed by atoms with E-state index in [0.717, 1.165) is 17.2 Å². The molecule has 0 bridgehead atoms. The lowest BCUT2D eigenvalue weighted by molar-refractivity contribution is -0.130. The van der Waals surface area contributed by atoms with Gasteiger partial charge in [-0.15, -0.1) is 0 Å². The van der Waals surface area contributed by atoms with Gasteiger partial charge in [0, 0.05) is 17.8 Å². The number of nitrogens with zero attached hydrogens (tertiary/aromatic N) is 2. The number of likely N-dealkylation sites (N-methyl/N-ethyl adjacent to an activating group) is 1. The summed E-state index contributed by atoms with van der Waals surface area (Å²) in [6, 6.07) is 9.76. The number of halogens is 1. The third-order valence-electron chi connectivity index (χ3n) is 4.96. The van der Waals surface area contributed by atoms with Gasteiger partial charge in [0.05, 0.1) is 6.42 Å². The molecule has 9 heteroatoms. The predicted octanol–water partition coefficient (Wildman–Crippen LogP) is 2.93. The zero-order chi connectivity index (χ0) is 22.7. The van der Waals surface area contributed by atoms with Crippen LogP contribution in [0.2, 0.25) is 0 Å². The van der Waals surface area contributed by atoms with Crippen LogP contribution >= 0.6 is 12.2 Å². The van der Waals surface area contributed by atoms with Crippen molar-refractivity contribution in [3.63, 3.8) is 0 Å². The highest BCUT2D eigenvalue weighted by Gasteiger charge is 2.44. The van der Waals surface area contributed by atoms with E-state index in [-0.39, 0.29) is 23.0 Å². The molecular formula is C22H23FN4O3S. The van der Waals surface area contributed by atoms with E-state index in [9.17, 15) is 18.8 Å². The van der Waals surface area contributed by atoms with Gasteiger partial charge in [0.2, 0.25) is 5.91 Å². The lowest BCUT2D eigenvalue weighted by Gasteiger charge is -2.24. The molecule has 3 amide bonds. The monoisotopic (exact) mass is 442 g/mol. The molecule has 0 saturated carbocycles. The summed E-state index contributed by atoms with van der Waals surface area (Å²) in [5.41, 5.74) is 5.23. The number of aryl methyl sites for hydroxylation is 2. The highest BCUT2D eigenvalue weighted by atomic mass is 32.1. The van der Waals surface area contributed by atoms with Crippen molar-refractivity contribution in [3.05, 3.63) is 65.0 Å². The first kappa shape index (κ1) is 22.4. The highest BCUT2D eigenvalue weighted by molar-refractivity contribution is 7.80. The number of carbonyl (C=O) groups is 3. The Hall–Kier alpha value is -3.33. The number of anilines is 1. The Balaban J connectivity index is 1.78. The Bertz CT molecular complexity index is 1060. The number of carbonyl (C=O) groups excluding carboxylic acids is 3. The van der Waals surface area contributed by atoms with Crippen molar-refractivity contribution in [1.82, 2.24) is 15.3 Å². The molecule has 31 heavy (non-hydrogen) atoms. The predicted molar refractivity (Wildman–Crippen MR) is 119 cm³/mol. The number of hydrogen-bond donors (Lipinski definition) is 2. The van der Waals surface area contributed by atoms with Crippen LogP contribution in [-0.4, -0.2) is 45.3 Å². The maximum Gasteiger partial charge on any atom is 0.269 e. The molecule has 7 nitrogen and oxygen atoms in total. The maximum absolute atomic E-state index is 13.5. The summed E-state index contributed by atoms with van der Waals surface area (Å²) in [5.74, 6) is -1.97. The molecule has 162 valence electrons. The summed E-state index contributed by atoms with van der Waals surface area (Å²) in [7, 11) is 0. The maximum atomic E-state index is 13.5. The third-order valence-corrected chi connectivity index (χ3v) is 5.38. The van der Waals surface area contributed by atoms with Gasteiger partial charge in [0.15, 0.2) is 5.11 Å². The summed E-state index contributed by atoms with van der Waals surface area (Å²) >= 11 is 5.34. The molecule has 3 rings (SSSR count). The lowest BCUT2D eigenvalue weighted by atomic mass is 10.1. The molecule has 1 saturated heterocycles. The van der Waals surface area contributed by atoms with Gasteiger partial charge in [-0.1, -0.05) is 23.8 Å². The molecule has 2 aromatic carbocycles. The van der Waals surface area contributed by atoms with Crippen LogP contribution in [0.3, 0.4) is 0 Å². The Morgan fingerprint density at radius 1 is 1.16 bits per heavy atom. The summed E-state index contributed by atoms with van der Waals surface area (Å²) in [5, 5.41) is 4.09. The fourth-order valence-corrected chi connectivity index (χ4v) is 3.77. The number of amides is 3. The van der Waals surface area contributed by atoms with Crippen molar-refractivity contribution in [2.45, 2.75) is 33.2 Å². The first-order valence-corrected chi connectivity index (χ1v) is 10.2. The van der Waals surface area contributed by atoms with Crippen molar-refractivity contribution in [3.8, 4) is 0 Å². The van der Waals surface area contributed by atoms with Crippen molar-refractivity contribution in [1.29, 1.82) is 0 Å². The topological polar surface area (TPSA) is 81.8 Å². The minimum Gasteiger partial charge on any atom is -0.326 e. The number of hydrazine groups is 1. The van der Waals surface area contributed by atoms with Crippen molar-refractivity contribution < 1.29 is 18.8 Å². The Morgan fingerprint density at radius 3 is 2.55 bits per heavy atom. The highest BCUT2D eigenvalue weighted by Crippen LogP contribution is 2.21. The van der Waals surface area contributed by atoms with E-state index in [2.05, 4.69) is 10.7 Å². The Labute approximate surface area is 185 Å². The van der Waals surface area contributed by atoms with Gasteiger partial charge >= 0.3 is 0 Å². The van der Waals surface area contributed by atoms with Crippen LogP contribution in [0.25, 0.3) is 0 Å². The van der Waals surface area contributed by atoms with Gasteiger partial charge in [0.1, 0.15) is 11.9 Å². The first-order valence-electron chi connectivity index (χ1n) is 9.79. The largest absolute Gasteiger partial charge is 0.326 e. The van der Waals surface area contributed by atoms with E-state index < -0.39 is 23.7 Å². The van der Waals surface area contributed by atoms with Gasteiger partial charge in [-0.3, -0.25) is 24.7 Å². The van der Waals surface area contributed by atoms with Gasteiger partial charge < -0.3 is 5.32 Å². The summed E-state index contributed by atoms with van der Waals surface area (Å²) in [6.07, 6.45) is -0.216. The Kier molecular flexibility index (Phi) is 6.65. The van der Waals surface area contributed by atoms with E-state index >= 15 is 0 Å². The second-order valence-corrected chi connectivity index (χ2v) is 7.64. The molecular weight excluding hydrogens is 419 g/mol. The lowest BCUT2D eigenvalue weighted by Crippen LogP contribution is -2.49. The first-order chi connectivity index (χ1) is 14.7. The summed E-state index contributed by atoms with van der Waals surface area (Å²) in [4.78, 5) is 39.4. The van der Waals surface area contributed by atoms with Crippen LogP contribution in [0.5, 0.6) is 0 Å². The van der Waals surface area contributed by atoms with Crippen LogP contribution in [0.15, 0.2) is 42.5 Å². The molecule has 2 aromatic rings. The molecule has 1 heterocycles. The fourth-order valence-electron chi connectivity index (χ4n) is 3.38. The number of rotatable bonds is 6. The van der Waals surface area contributed by atoms with E-state index in [4.69, 9.17) is 12.2 Å². The van der Waals surface area contributed by atoms with Crippen molar-refractivity contribution in [2.75, 3.05) is 11.9 Å². The number of benzene rings is 2. The fraction of sp³-hybridized carbons (Fsp3) is 0.273. The zero-order valence-electron chi connectivity index (χ0n) is 17.4. The SMILES string of the molecule is CCN1C(=O)C(CC(=O)Nc2ccc(C)cc2C)N(NC(=O)c2cccc(F)c2)C1=S. The average Bonchev–Trinajstić information content (AvgIpc) is 2.93. The molecule has 1 aliphatic rings. The average molecular weight is 443 g/mol. The van der Waals surface area contributed by atoms with Crippen molar-refractivity contribution >= 4 is 40.7 Å². The van der Waals surface area contributed by atoms with Crippen LogP contribution in [0.4, 0.5) is 10.1 Å². The number of thiocarbonyl (C=S) groups is 1. The zero-order valence-corrected chi connectivity index (χ0v) is 18.3. The normalized spacial score (nSPS) is 15.9. The third kappa shape index (κ3) is 4.88. The van der Waals surface area contributed by atoms with Crippen molar-refractivity contribution in [2.24, 2.45) is 0 Å². The summed E-state index contributed by atoms with van der Waals surface area (Å²) < 4.78 is 13.5. The minimum absolute atomic E-state index is 0.0729. The molecule has 0 spiro atoms. The van der Waals surface area contributed by atoms with E-state index in [1.165, 1.54) is 28.1 Å². The second kappa shape index (κ2) is 9.22. The Morgan fingerprint density at radius 2 is 1.90 bits per heavy atom. The van der Waals surface area contributed by atoms with E-state index in [0.29, 0.717) is 12.2 Å². The molecule has 1 atom stereocenters. The molecule has 0 aromatic heterocycles. The number of hydrogen-bond acceptors (Lipinski definition) is 4. The van der Waals surface area contributed by atoms with Crippen LogP contribution < -0.4 is 10.7 Å². The quantitative estimate of drug-likeness (QED) is 0.673. The molecule has 0 radical (unpaired) electrons. The van der Waals surface area contributed by atoms with Crippen LogP contribution in [0.1, 0.15) is 34.8 Å². The molecule has 0 aliphatic carbocycles. The molecule has 2 N–H and O–H groups in total. The van der Waals surface area contributed by atoms with Gasteiger partial charge in [0.25, 0.3) is 11.8 Å². The molecule has 1 aliphatic heterocycles. The minimum atomic E-state index is -1.00.